The second kappa shape index (κ2) is 5.97. The van der Waals surface area contributed by atoms with Gasteiger partial charge in [0, 0.05) is 18.3 Å². The lowest BCUT2D eigenvalue weighted by atomic mass is 10.1. The summed E-state index contributed by atoms with van der Waals surface area (Å²) in [6.07, 6.45) is 3.32. The van der Waals surface area contributed by atoms with Crippen molar-refractivity contribution in [1.29, 1.82) is 0 Å². The van der Waals surface area contributed by atoms with Gasteiger partial charge in [-0.25, -0.2) is 0 Å². The fourth-order valence-electron chi connectivity index (χ4n) is 2.85. The summed E-state index contributed by atoms with van der Waals surface area (Å²) >= 11 is 2.02. The van der Waals surface area contributed by atoms with Crippen LogP contribution in [0.4, 0.5) is 5.69 Å². The van der Waals surface area contributed by atoms with Gasteiger partial charge < -0.3 is 10.2 Å². The number of amides is 1. The summed E-state index contributed by atoms with van der Waals surface area (Å²) in [5.74, 6) is 2.69. The molecule has 2 saturated heterocycles. The van der Waals surface area contributed by atoms with Gasteiger partial charge in [-0.05, 0) is 42.9 Å². The number of anilines is 1. The Labute approximate surface area is 118 Å². The van der Waals surface area contributed by atoms with E-state index >= 15 is 0 Å². The molecule has 1 aromatic carbocycles. The quantitative estimate of drug-likeness (QED) is 0.919. The summed E-state index contributed by atoms with van der Waals surface area (Å²) in [7, 11) is 0. The number of nitrogens with one attached hydrogen (secondary N) is 1. The zero-order valence-corrected chi connectivity index (χ0v) is 11.9. The fourth-order valence-corrected chi connectivity index (χ4v) is 3.95. The zero-order chi connectivity index (χ0) is 13.1. The molecule has 4 heteroatoms. The zero-order valence-electron chi connectivity index (χ0n) is 11.0. The van der Waals surface area contributed by atoms with Crippen LogP contribution in [0.5, 0.6) is 0 Å². The van der Waals surface area contributed by atoms with Gasteiger partial charge >= 0.3 is 0 Å². The smallest absolute Gasteiger partial charge is 0.244 e. The van der Waals surface area contributed by atoms with E-state index in [0.717, 1.165) is 18.7 Å². The Hall–Kier alpha value is -1.00. The predicted molar refractivity (Wildman–Crippen MR) is 80.7 cm³/mol. The Kier molecular flexibility index (Phi) is 4.09. The van der Waals surface area contributed by atoms with Gasteiger partial charge in [-0.15, -0.1) is 0 Å². The highest BCUT2D eigenvalue weighted by Crippen LogP contribution is 2.23. The van der Waals surface area contributed by atoms with Crippen LogP contribution in [0.3, 0.4) is 0 Å². The van der Waals surface area contributed by atoms with Crippen LogP contribution in [-0.4, -0.2) is 36.0 Å². The van der Waals surface area contributed by atoms with Crippen LogP contribution >= 0.6 is 11.8 Å². The van der Waals surface area contributed by atoms with Crippen LogP contribution in [-0.2, 0) is 4.79 Å². The number of benzene rings is 1. The van der Waals surface area contributed by atoms with Gasteiger partial charge in [0.2, 0.25) is 5.91 Å². The van der Waals surface area contributed by atoms with Crippen LogP contribution in [0.25, 0.3) is 0 Å². The first-order valence-corrected chi connectivity index (χ1v) is 8.20. The van der Waals surface area contributed by atoms with Gasteiger partial charge in [0.1, 0.15) is 0 Å². The molecule has 0 saturated carbocycles. The topological polar surface area (TPSA) is 32.3 Å². The molecule has 1 atom stereocenters. The summed E-state index contributed by atoms with van der Waals surface area (Å²) in [5, 5.41) is 3.56. The molecule has 2 aliphatic heterocycles. The lowest BCUT2D eigenvalue weighted by molar-refractivity contribution is -0.119. The molecular weight excluding hydrogens is 256 g/mol. The Morgan fingerprint density at radius 3 is 2.58 bits per heavy atom. The van der Waals surface area contributed by atoms with E-state index < -0.39 is 0 Å². The SMILES string of the molecule is O=C1C(NC2CCSCC2)CCN1c1ccccc1. The van der Waals surface area contributed by atoms with Crippen LogP contribution in [0.2, 0.25) is 0 Å². The number of thioether (sulfide) groups is 1. The maximum absolute atomic E-state index is 12.4. The summed E-state index contributed by atoms with van der Waals surface area (Å²) in [4.78, 5) is 14.3. The third-order valence-corrected chi connectivity index (χ3v) is 4.98. The van der Waals surface area contributed by atoms with Crippen molar-refractivity contribution < 1.29 is 4.79 Å². The highest BCUT2D eigenvalue weighted by molar-refractivity contribution is 7.99. The van der Waals surface area contributed by atoms with Gasteiger partial charge in [-0.3, -0.25) is 4.79 Å². The van der Waals surface area contributed by atoms with Gasteiger partial charge in [-0.2, -0.15) is 11.8 Å². The highest BCUT2D eigenvalue weighted by atomic mass is 32.2. The summed E-state index contributed by atoms with van der Waals surface area (Å²) < 4.78 is 0. The van der Waals surface area contributed by atoms with E-state index in [4.69, 9.17) is 0 Å². The first kappa shape index (κ1) is 13.0. The van der Waals surface area contributed by atoms with Crippen LogP contribution < -0.4 is 10.2 Å². The first-order valence-electron chi connectivity index (χ1n) is 7.05. The molecule has 3 rings (SSSR count). The third kappa shape index (κ3) is 2.95. The van der Waals surface area contributed by atoms with E-state index in [1.54, 1.807) is 0 Å². The van der Waals surface area contributed by atoms with Crippen LogP contribution in [0.1, 0.15) is 19.3 Å². The van der Waals surface area contributed by atoms with Crippen molar-refractivity contribution in [2.45, 2.75) is 31.3 Å². The molecule has 0 bridgehead atoms. The number of hydrogen-bond donors (Lipinski definition) is 1. The molecule has 1 aromatic rings. The lowest BCUT2D eigenvalue weighted by Gasteiger charge is -2.25. The van der Waals surface area contributed by atoms with Gasteiger partial charge in [0.25, 0.3) is 0 Å². The number of carbonyl (C=O) groups is 1. The van der Waals surface area contributed by atoms with E-state index in [9.17, 15) is 4.79 Å². The molecule has 2 heterocycles. The van der Waals surface area contributed by atoms with E-state index in [0.29, 0.717) is 6.04 Å². The van der Waals surface area contributed by atoms with Gasteiger partial charge in [-0.1, -0.05) is 18.2 Å². The Balaban J connectivity index is 1.62. The molecule has 102 valence electrons. The third-order valence-electron chi connectivity index (χ3n) is 3.93. The maximum atomic E-state index is 12.4. The minimum absolute atomic E-state index is 0.0216. The first-order chi connectivity index (χ1) is 9.34. The van der Waals surface area contributed by atoms with Crippen molar-refractivity contribution in [1.82, 2.24) is 5.32 Å². The van der Waals surface area contributed by atoms with Crippen molar-refractivity contribution in [3.05, 3.63) is 30.3 Å². The number of para-hydroxylation sites is 1. The van der Waals surface area contributed by atoms with Crippen molar-refractivity contribution in [2.75, 3.05) is 23.0 Å². The second-order valence-corrected chi connectivity index (χ2v) is 6.44. The minimum atomic E-state index is 0.0216. The number of hydrogen-bond acceptors (Lipinski definition) is 3. The monoisotopic (exact) mass is 276 g/mol. The van der Waals surface area contributed by atoms with E-state index in [2.05, 4.69) is 5.32 Å². The molecule has 0 aromatic heterocycles. The minimum Gasteiger partial charge on any atom is -0.311 e. The molecule has 0 radical (unpaired) electrons. The lowest BCUT2D eigenvalue weighted by Crippen LogP contribution is -2.45. The molecule has 2 fully saturated rings. The molecule has 3 nitrogen and oxygen atoms in total. The fraction of sp³-hybridized carbons (Fsp3) is 0.533. The van der Waals surface area contributed by atoms with E-state index in [1.807, 2.05) is 47.0 Å². The Bertz CT molecular complexity index is 431. The average Bonchev–Trinajstić information content (AvgIpc) is 2.82. The molecular formula is C15H20N2OS. The maximum Gasteiger partial charge on any atom is 0.244 e. The van der Waals surface area contributed by atoms with Crippen molar-refractivity contribution in [3.63, 3.8) is 0 Å². The van der Waals surface area contributed by atoms with E-state index in [1.165, 1.54) is 24.3 Å². The molecule has 0 spiro atoms. The summed E-state index contributed by atoms with van der Waals surface area (Å²) in [6.45, 7) is 0.835. The van der Waals surface area contributed by atoms with Crippen LogP contribution in [0.15, 0.2) is 30.3 Å². The Morgan fingerprint density at radius 2 is 1.84 bits per heavy atom. The largest absolute Gasteiger partial charge is 0.311 e. The normalized spacial score (nSPS) is 24.9. The molecule has 1 unspecified atom stereocenters. The number of rotatable bonds is 3. The van der Waals surface area contributed by atoms with Gasteiger partial charge in [0.05, 0.1) is 6.04 Å². The number of nitrogens with zero attached hydrogens (tertiary/aromatic N) is 1. The van der Waals surface area contributed by atoms with E-state index in [-0.39, 0.29) is 11.9 Å². The molecule has 0 aliphatic carbocycles. The standard InChI is InChI=1S/C15H20N2OS/c18-15-14(16-12-7-10-19-11-8-12)6-9-17(15)13-4-2-1-3-5-13/h1-5,12,14,16H,6-11H2. The number of carbonyl (C=O) groups excluding carboxylic acids is 1. The second-order valence-electron chi connectivity index (χ2n) is 5.22. The van der Waals surface area contributed by atoms with Gasteiger partial charge in [0.15, 0.2) is 0 Å². The average molecular weight is 276 g/mol. The van der Waals surface area contributed by atoms with Crippen molar-refractivity contribution >= 4 is 23.4 Å². The molecule has 1 N–H and O–H groups in total. The highest BCUT2D eigenvalue weighted by Gasteiger charge is 2.33. The van der Waals surface area contributed by atoms with Crippen LogP contribution in [0, 0.1) is 0 Å². The van der Waals surface area contributed by atoms with Crippen molar-refractivity contribution in [3.8, 4) is 0 Å². The molecule has 2 aliphatic rings. The Morgan fingerprint density at radius 1 is 1.11 bits per heavy atom. The predicted octanol–water partition coefficient (Wildman–Crippen LogP) is 2.28. The van der Waals surface area contributed by atoms with Crippen molar-refractivity contribution in [2.24, 2.45) is 0 Å². The summed E-state index contributed by atoms with van der Waals surface area (Å²) in [5.41, 5.74) is 1.02. The molecule has 1 amide bonds. The summed E-state index contributed by atoms with van der Waals surface area (Å²) in [6, 6.07) is 10.5. The molecule has 19 heavy (non-hydrogen) atoms.